The van der Waals surface area contributed by atoms with Crippen molar-refractivity contribution in [2.24, 2.45) is 0 Å². The Hall–Kier alpha value is -2.23. The zero-order chi connectivity index (χ0) is 20.8. The van der Waals surface area contributed by atoms with Gasteiger partial charge in [0.05, 0.1) is 18.5 Å². The van der Waals surface area contributed by atoms with Gasteiger partial charge in [0.15, 0.2) is 5.75 Å². The first-order valence-electron chi connectivity index (χ1n) is 8.68. The van der Waals surface area contributed by atoms with Gasteiger partial charge in [0.1, 0.15) is 15.7 Å². The van der Waals surface area contributed by atoms with Crippen LogP contribution in [0, 0.1) is 0 Å². The fourth-order valence-electron chi connectivity index (χ4n) is 2.18. The minimum atomic E-state index is -0.652. The molecule has 2 aromatic heterocycles. The number of hydrogen-bond donors (Lipinski definition) is 3. The normalized spacial score (nSPS) is 11.9. The molecule has 0 atom stereocenters. The van der Waals surface area contributed by atoms with E-state index in [1.54, 1.807) is 11.6 Å². The van der Waals surface area contributed by atoms with E-state index in [2.05, 4.69) is 24.5 Å². The molecular formula is C19H25N3O4S2. The van der Waals surface area contributed by atoms with E-state index >= 15 is 0 Å². The highest BCUT2D eigenvalue weighted by Crippen LogP contribution is 2.41. The average molecular weight is 424 g/mol. The van der Waals surface area contributed by atoms with Crippen LogP contribution in [0.3, 0.4) is 0 Å². The average Bonchev–Trinajstić information content (AvgIpc) is 3.22. The van der Waals surface area contributed by atoms with E-state index in [0.29, 0.717) is 17.4 Å². The molecule has 0 unspecified atom stereocenters. The van der Waals surface area contributed by atoms with Gasteiger partial charge in [-0.25, -0.2) is 0 Å². The van der Waals surface area contributed by atoms with E-state index in [1.165, 1.54) is 36.4 Å². The molecule has 7 nitrogen and oxygen atoms in total. The van der Waals surface area contributed by atoms with Crippen LogP contribution >= 0.6 is 23.3 Å². The molecule has 0 radical (unpaired) electrons. The first kappa shape index (κ1) is 22.1. The Morgan fingerprint density at radius 1 is 1.39 bits per heavy atom. The van der Waals surface area contributed by atoms with E-state index < -0.39 is 11.6 Å². The number of aromatic hydroxyl groups is 1. The lowest BCUT2D eigenvalue weighted by Crippen LogP contribution is -2.25. The molecule has 0 fully saturated rings. The van der Waals surface area contributed by atoms with Crippen molar-refractivity contribution in [3.63, 3.8) is 0 Å². The number of ketones is 2. The smallest absolute Gasteiger partial charge is 0.245 e. The van der Waals surface area contributed by atoms with Crippen LogP contribution in [0.25, 0.3) is 0 Å². The molecule has 0 aliphatic heterocycles. The number of allylic oxidation sites excluding steroid dienone is 1. The minimum Gasteiger partial charge on any atom is -0.504 e. The van der Waals surface area contributed by atoms with E-state index in [1.807, 2.05) is 24.5 Å². The first-order chi connectivity index (χ1) is 13.2. The van der Waals surface area contributed by atoms with E-state index in [0.717, 1.165) is 9.77 Å². The van der Waals surface area contributed by atoms with Crippen molar-refractivity contribution in [3.8, 4) is 5.75 Å². The maximum atomic E-state index is 12.2. The summed E-state index contributed by atoms with van der Waals surface area (Å²) < 4.78 is 8.08. The molecule has 0 spiro atoms. The molecule has 9 heteroatoms. The summed E-state index contributed by atoms with van der Waals surface area (Å²) >= 11 is 2.77. The van der Waals surface area contributed by atoms with Gasteiger partial charge in [-0.1, -0.05) is 13.8 Å². The fourth-order valence-corrected chi connectivity index (χ4v) is 4.10. The van der Waals surface area contributed by atoms with Crippen LogP contribution in [0.4, 0.5) is 5.69 Å². The van der Waals surface area contributed by atoms with Crippen LogP contribution in [0.2, 0.25) is 0 Å². The topological polar surface area (TPSA) is 94.8 Å². The van der Waals surface area contributed by atoms with Gasteiger partial charge >= 0.3 is 0 Å². The van der Waals surface area contributed by atoms with Crippen molar-refractivity contribution >= 4 is 40.5 Å². The van der Waals surface area contributed by atoms with Gasteiger partial charge in [-0.2, -0.15) is 0 Å². The molecule has 3 N–H and O–H groups in total. The van der Waals surface area contributed by atoms with Crippen LogP contribution in [0.5, 0.6) is 5.75 Å². The predicted molar refractivity (Wildman–Crippen MR) is 113 cm³/mol. The highest BCUT2D eigenvalue weighted by atomic mass is 32.2. The molecular weight excluding hydrogens is 398 g/mol. The second kappa shape index (κ2) is 9.81. The standard InChI is InChI=1S/C19H25N3O4S2/c1-11(2)13-6-14(26-9-13)7-20-15(17(24)12(3)23)8-21-16-10-27-19(18(16)25)28-22(4)5/h6,8-11,20-21,25H,7H2,1-5H3/b15-8-. The summed E-state index contributed by atoms with van der Waals surface area (Å²) in [5.41, 5.74) is 1.62. The largest absolute Gasteiger partial charge is 0.504 e. The maximum Gasteiger partial charge on any atom is 0.245 e. The molecule has 0 amide bonds. The Labute approximate surface area is 172 Å². The van der Waals surface area contributed by atoms with Gasteiger partial charge in [0, 0.05) is 18.5 Å². The summed E-state index contributed by atoms with van der Waals surface area (Å²) in [6, 6.07) is 1.91. The Kier molecular flexibility index (Phi) is 7.73. The summed E-state index contributed by atoms with van der Waals surface area (Å²) in [6.07, 6.45) is 3.07. The molecule has 0 aliphatic carbocycles. The number of Topliss-reactive ketones (excluding diaryl/α,β-unsaturated/α-hetero) is 2. The fraction of sp³-hybridized carbons (Fsp3) is 0.368. The van der Waals surface area contributed by atoms with E-state index in [4.69, 9.17) is 4.42 Å². The number of furan rings is 1. The lowest BCUT2D eigenvalue weighted by atomic mass is 10.1. The zero-order valence-electron chi connectivity index (χ0n) is 16.5. The van der Waals surface area contributed by atoms with Crippen molar-refractivity contribution in [1.29, 1.82) is 0 Å². The molecule has 0 aliphatic rings. The van der Waals surface area contributed by atoms with Crippen molar-refractivity contribution < 1.29 is 19.1 Å². The Morgan fingerprint density at radius 2 is 2.11 bits per heavy atom. The van der Waals surface area contributed by atoms with Gasteiger partial charge in [0.2, 0.25) is 11.6 Å². The van der Waals surface area contributed by atoms with E-state index in [9.17, 15) is 14.7 Å². The van der Waals surface area contributed by atoms with Crippen molar-refractivity contribution in [2.75, 3.05) is 19.4 Å². The number of thiophene rings is 1. The molecule has 28 heavy (non-hydrogen) atoms. The second-order valence-corrected chi connectivity index (χ2v) is 9.09. The number of carbonyl (C=O) groups is 2. The third-order valence-electron chi connectivity index (χ3n) is 3.73. The molecule has 0 saturated carbocycles. The third-order valence-corrected chi connectivity index (χ3v) is 5.73. The molecule has 2 heterocycles. The van der Waals surface area contributed by atoms with Crippen LogP contribution in [0.1, 0.15) is 38.0 Å². The molecule has 152 valence electrons. The summed E-state index contributed by atoms with van der Waals surface area (Å²) in [6.45, 7) is 5.60. The lowest BCUT2D eigenvalue weighted by molar-refractivity contribution is -0.133. The Morgan fingerprint density at radius 3 is 2.68 bits per heavy atom. The minimum absolute atomic E-state index is 0.0992. The number of carbonyl (C=O) groups excluding carboxylic acids is 2. The molecule has 0 aromatic carbocycles. The van der Waals surface area contributed by atoms with Gasteiger partial charge in [0.25, 0.3) is 0 Å². The molecule has 2 rings (SSSR count). The highest BCUT2D eigenvalue weighted by molar-refractivity contribution is 7.99. The van der Waals surface area contributed by atoms with Crippen LogP contribution in [-0.4, -0.2) is 35.1 Å². The van der Waals surface area contributed by atoms with Crippen LogP contribution in [0.15, 0.2) is 38.2 Å². The van der Waals surface area contributed by atoms with Crippen LogP contribution in [-0.2, 0) is 16.1 Å². The van der Waals surface area contributed by atoms with E-state index in [-0.39, 0.29) is 18.0 Å². The Balaban J connectivity index is 2.13. The highest BCUT2D eigenvalue weighted by Gasteiger charge is 2.17. The summed E-state index contributed by atoms with van der Waals surface area (Å²) in [5.74, 6) is -0.137. The SMILES string of the molecule is CC(=O)C(=O)/C(=C/Nc1csc(SN(C)C)c1O)NCc1cc(C(C)C)co1. The van der Waals surface area contributed by atoms with Crippen LogP contribution < -0.4 is 10.6 Å². The first-order valence-corrected chi connectivity index (χ1v) is 10.3. The summed E-state index contributed by atoms with van der Waals surface area (Å²) in [4.78, 5) is 23.8. The summed E-state index contributed by atoms with van der Waals surface area (Å²) in [5, 5.41) is 17.9. The Bertz CT molecular complexity index is 868. The lowest BCUT2D eigenvalue weighted by Gasteiger charge is -2.09. The molecule has 0 saturated heterocycles. The second-order valence-electron chi connectivity index (χ2n) is 6.63. The zero-order valence-corrected chi connectivity index (χ0v) is 18.2. The van der Waals surface area contributed by atoms with Gasteiger partial charge in [-0.05, 0) is 43.6 Å². The van der Waals surface area contributed by atoms with Crippen molar-refractivity contribution in [1.82, 2.24) is 9.62 Å². The number of nitrogens with zero attached hydrogens (tertiary/aromatic N) is 1. The van der Waals surface area contributed by atoms with Gasteiger partial charge in [-0.15, -0.1) is 11.3 Å². The number of hydrogen-bond acceptors (Lipinski definition) is 9. The van der Waals surface area contributed by atoms with Crippen molar-refractivity contribution in [3.05, 3.63) is 40.9 Å². The predicted octanol–water partition coefficient (Wildman–Crippen LogP) is 3.94. The van der Waals surface area contributed by atoms with Gasteiger partial charge < -0.3 is 20.2 Å². The molecule has 2 aromatic rings. The monoisotopic (exact) mass is 423 g/mol. The number of nitrogens with one attached hydrogen (secondary N) is 2. The van der Waals surface area contributed by atoms with Crippen molar-refractivity contribution in [2.45, 2.75) is 37.4 Å². The maximum absolute atomic E-state index is 12.2. The third kappa shape index (κ3) is 5.88. The molecule has 0 bridgehead atoms. The number of anilines is 1. The van der Waals surface area contributed by atoms with Gasteiger partial charge in [-0.3, -0.25) is 13.9 Å². The quantitative estimate of drug-likeness (QED) is 0.300. The summed E-state index contributed by atoms with van der Waals surface area (Å²) in [7, 11) is 3.76. The number of rotatable bonds is 10.